The number of rotatable bonds is 6. The first-order chi connectivity index (χ1) is 11.2. The Morgan fingerprint density at radius 2 is 2.17 bits per heavy atom. The van der Waals surface area contributed by atoms with Gasteiger partial charge in [0.1, 0.15) is 0 Å². The maximum Gasteiger partial charge on any atom is 0.240 e. The van der Waals surface area contributed by atoms with Crippen LogP contribution in [0.1, 0.15) is 38.2 Å². The summed E-state index contributed by atoms with van der Waals surface area (Å²) in [6.45, 7) is 6.25. The maximum atomic E-state index is 11.3. The van der Waals surface area contributed by atoms with Crippen LogP contribution in [-0.4, -0.2) is 47.7 Å². The fraction of sp³-hybridized carbons (Fsp3) is 0.588. The number of aromatic nitrogens is 1. The van der Waals surface area contributed by atoms with Crippen LogP contribution in [0.3, 0.4) is 0 Å². The van der Waals surface area contributed by atoms with E-state index in [2.05, 4.69) is 20.4 Å². The Labute approximate surface area is 136 Å². The van der Waals surface area contributed by atoms with Gasteiger partial charge in [0, 0.05) is 36.7 Å². The van der Waals surface area contributed by atoms with E-state index < -0.39 is 0 Å². The Bertz CT molecular complexity index is 564. The van der Waals surface area contributed by atoms with Crippen LogP contribution in [0.15, 0.2) is 23.4 Å². The Kier molecular flexibility index (Phi) is 5.23. The van der Waals surface area contributed by atoms with E-state index in [1.807, 2.05) is 19.1 Å². The second-order valence-corrected chi connectivity index (χ2v) is 6.27. The molecule has 1 amide bonds. The molecule has 1 atom stereocenters. The number of hydrogen-bond donors (Lipinski definition) is 1. The van der Waals surface area contributed by atoms with Gasteiger partial charge in [0.05, 0.1) is 12.3 Å². The van der Waals surface area contributed by atoms with Gasteiger partial charge in [-0.1, -0.05) is 6.92 Å². The molecular formula is C17H24N4O2. The van der Waals surface area contributed by atoms with E-state index in [1.165, 1.54) is 25.9 Å². The van der Waals surface area contributed by atoms with Gasteiger partial charge < -0.3 is 9.64 Å². The molecule has 23 heavy (non-hydrogen) atoms. The van der Waals surface area contributed by atoms with Crippen molar-refractivity contribution >= 4 is 11.6 Å². The third-order valence-corrected chi connectivity index (χ3v) is 4.36. The monoisotopic (exact) mass is 316 g/mol. The van der Waals surface area contributed by atoms with Crippen LogP contribution in [0.25, 0.3) is 0 Å². The van der Waals surface area contributed by atoms with E-state index in [-0.39, 0.29) is 11.8 Å². The molecule has 1 N–H and O–H groups in total. The van der Waals surface area contributed by atoms with Gasteiger partial charge in [-0.2, -0.15) is 5.10 Å². The lowest BCUT2D eigenvalue weighted by atomic mass is 9.95. The third kappa shape index (κ3) is 4.28. The number of carbonyl (C=O) groups excluding carboxylic acids is 1. The van der Waals surface area contributed by atoms with Crippen molar-refractivity contribution in [3.05, 3.63) is 23.9 Å². The first kappa shape index (κ1) is 15.9. The van der Waals surface area contributed by atoms with Crippen LogP contribution in [0.2, 0.25) is 0 Å². The molecule has 0 aliphatic carbocycles. The predicted molar refractivity (Wildman–Crippen MR) is 88.5 cm³/mol. The average Bonchev–Trinajstić information content (AvgIpc) is 3.06. The lowest BCUT2D eigenvalue weighted by Gasteiger charge is -2.19. The number of nitrogens with zero attached hydrogens (tertiary/aromatic N) is 3. The van der Waals surface area contributed by atoms with Crippen LogP contribution >= 0.6 is 0 Å². The minimum atomic E-state index is -0.0350. The molecule has 0 spiro atoms. The molecule has 1 aromatic heterocycles. The van der Waals surface area contributed by atoms with Gasteiger partial charge in [-0.15, -0.1) is 0 Å². The summed E-state index contributed by atoms with van der Waals surface area (Å²) in [5.41, 5.74) is 4.33. The van der Waals surface area contributed by atoms with Crippen LogP contribution in [0.4, 0.5) is 0 Å². The number of nitrogens with one attached hydrogen (secondary N) is 1. The Balaban J connectivity index is 1.48. The summed E-state index contributed by atoms with van der Waals surface area (Å²) in [6.07, 6.45) is 5.91. The highest BCUT2D eigenvalue weighted by Gasteiger charge is 2.21. The largest absolute Gasteiger partial charge is 0.478 e. The minimum Gasteiger partial charge on any atom is -0.478 e. The summed E-state index contributed by atoms with van der Waals surface area (Å²) in [4.78, 5) is 18.1. The summed E-state index contributed by atoms with van der Waals surface area (Å²) in [7, 11) is 0. The molecule has 0 aromatic carbocycles. The van der Waals surface area contributed by atoms with Crippen molar-refractivity contribution in [1.82, 2.24) is 15.3 Å². The zero-order valence-electron chi connectivity index (χ0n) is 13.6. The first-order valence-electron chi connectivity index (χ1n) is 8.40. The molecule has 1 saturated heterocycles. The lowest BCUT2D eigenvalue weighted by Crippen LogP contribution is -2.32. The molecular weight excluding hydrogens is 292 g/mol. The molecule has 3 heterocycles. The SMILES string of the molecule is CC1CC(=O)NN=C1c1ccc(OCCCN2CCCC2)nc1. The summed E-state index contributed by atoms with van der Waals surface area (Å²) in [6, 6.07) is 3.83. The van der Waals surface area contributed by atoms with Gasteiger partial charge in [-0.25, -0.2) is 10.4 Å². The fourth-order valence-corrected chi connectivity index (χ4v) is 3.09. The fourth-order valence-electron chi connectivity index (χ4n) is 3.09. The van der Waals surface area contributed by atoms with Crippen molar-refractivity contribution < 1.29 is 9.53 Å². The van der Waals surface area contributed by atoms with Gasteiger partial charge in [-0.3, -0.25) is 4.79 Å². The van der Waals surface area contributed by atoms with E-state index in [0.717, 1.165) is 24.2 Å². The normalized spacial score (nSPS) is 21.9. The number of amides is 1. The van der Waals surface area contributed by atoms with Crippen LogP contribution in [0, 0.1) is 5.92 Å². The third-order valence-electron chi connectivity index (χ3n) is 4.36. The molecule has 6 nitrogen and oxygen atoms in total. The van der Waals surface area contributed by atoms with Gasteiger partial charge in [0.25, 0.3) is 0 Å². The Morgan fingerprint density at radius 1 is 1.35 bits per heavy atom. The number of hydrazone groups is 1. The topological polar surface area (TPSA) is 66.8 Å². The summed E-state index contributed by atoms with van der Waals surface area (Å²) < 4.78 is 5.70. The highest BCUT2D eigenvalue weighted by atomic mass is 16.5. The predicted octanol–water partition coefficient (Wildman–Crippen LogP) is 1.81. The molecule has 0 radical (unpaired) electrons. The Morgan fingerprint density at radius 3 is 2.87 bits per heavy atom. The van der Waals surface area contributed by atoms with Gasteiger partial charge in [0.2, 0.25) is 11.8 Å². The molecule has 0 bridgehead atoms. The van der Waals surface area contributed by atoms with E-state index >= 15 is 0 Å². The van der Waals surface area contributed by atoms with Gasteiger partial charge in [-0.05, 0) is 38.4 Å². The second-order valence-electron chi connectivity index (χ2n) is 6.27. The van der Waals surface area contributed by atoms with E-state index in [9.17, 15) is 4.79 Å². The maximum absolute atomic E-state index is 11.3. The molecule has 124 valence electrons. The van der Waals surface area contributed by atoms with Crippen molar-refractivity contribution in [2.75, 3.05) is 26.2 Å². The summed E-state index contributed by atoms with van der Waals surface area (Å²) in [5.74, 6) is 0.716. The standard InChI is InChI=1S/C17H24N4O2/c1-13-11-15(22)19-20-17(13)14-5-6-16(18-12-14)23-10-4-9-21-7-2-3-8-21/h5-6,12-13H,2-4,7-11H2,1H3,(H,19,22). The minimum absolute atomic E-state index is 0.0350. The molecule has 1 aromatic rings. The second kappa shape index (κ2) is 7.55. The Hall–Kier alpha value is -1.95. The summed E-state index contributed by atoms with van der Waals surface area (Å²) in [5, 5.41) is 4.14. The summed E-state index contributed by atoms with van der Waals surface area (Å²) >= 11 is 0. The van der Waals surface area contributed by atoms with Crippen LogP contribution < -0.4 is 10.2 Å². The highest BCUT2D eigenvalue weighted by Crippen LogP contribution is 2.17. The number of pyridine rings is 1. The van der Waals surface area contributed by atoms with E-state index in [0.29, 0.717) is 18.9 Å². The van der Waals surface area contributed by atoms with Crippen molar-refractivity contribution in [2.45, 2.75) is 32.6 Å². The molecule has 2 aliphatic heterocycles. The molecule has 2 aliphatic rings. The molecule has 3 rings (SSSR count). The molecule has 0 saturated carbocycles. The van der Waals surface area contributed by atoms with E-state index in [4.69, 9.17) is 4.74 Å². The molecule has 6 heteroatoms. The lowest BCUT2D eigenvalue weighted by molar-refractivity contribution is -0.121. The highest BCUT2D eigenvalue weighted by molar-refractivity contribution is 6.05. The van der Waals surface area contributed by atoms with Crippen LogP contribution in [0.5, 0.6) is 5.88 Å². The van der Waals surface area contributed by atoms with Crippen molar-refractivity contribution in [1.29, 1.82) is 0 Å². The zero-order valence-corrected chi connectivity index (χ0v) is 13.6. The van der Waals surface area contributed by atoms with Crippen molar-refractivity contribution in [3.63, 3.8) is 0 Å². The quantitative estimate of drug-likeness (QED) is 0.813. The van der Waals surface area contributed by atoms with Gasteiger partial charge in [0.15, 0.2) is 0 Å². The zero-order chi connectivity index (χ0) is 16.1. The van der Waals surface area contributed by atoms with Crippen molar-refractivity contribution in [3.8, 4) is 5.88 Å². The van der Waals surface area contributed by atoms with Crippen LogP contribution in [-0.2, 0) is 4.79 Å². The smallest absolute Gasteiger partial charge is 0.240 e. The number of hydrogen-bond acceptors (Lipinski definition) is 5. The number of ether oxygens (including phenoxy) is 1. The molecule has 1 unspecified atom stereocenters. The van der Waals surface area contributed by atoms with Gasteiger partial charge >= 0.3 is 0 Å². The average molecular weight is 316 g/mol. The molecule has 1 fully saturated rings. The van der Waals surface area contributed by atoms with E-state index in [1.54, 1.807) is 6.20 Å². The van der Waals surface area contributed by atoms with Crippen molar-refractivity contribution in [2.24, 2.45) is 11.0 Å². The first-order valence-corrected chi connectivity index (χ1v) is 8.40. The number of carbonyl (C=O) groups is 1. The number of likely N-dealkylation sites (tertiary alicyclic amines) is 1.